The molecule has 0 aliphatic heterocycles. The molecular weight excluding hydrogens is 316 g/mol. The smallest absolute Gasteiger partial charge is 0.322 e. The second-order valence-corrected chi connectivity index (χ2v) is 6.84. The van der Waals surface area contributed by atoms with Gasteiger partial charge in [-0.25, -0.2) is 4.79 Å². The summed E-state index contributed by atoms with van der Waals surface area (Å²) in [6.07, 6.45) is 4.42. The largest absolute Gasteiger partial charge is 0.393 e. The van der Waals surface area contributed by atoms with E-state index in [-0.39, 0.29) is 24.1 Å². The number of hydrogen-bond acceptors (Lipinski definition) is 3. The van der Waals surface area contributed by atoms with Crippen molar-refractivity contribution in [3.63, 3.8) is 0 Å². The lowest BCUT2D eigenvalue weighted by Crippen LogP contribution is -2.37. The summed E-state index contributed by atoms with van der Waals surface area (Å²) >= 11 is 0. The zero-order valence-corrected chi connectivity index (χ0v) is 14.8. The minimum absolute atomic E-state index is 0.0956. The third-order valence-corrected chi connectivity index (χ3v) is 5.00. The highest BCUT2D eigenvalue weighted by molar-refractivity contribution is 5.88. The van der Waals surface area contributed by atoms with Gasteiger partial charge >= 0.3 is 6.03 Å². The van der Waals surface area contributed by atoms with Gasteiger partial charge in [0.15, 0.2) is 5.82 Å². The van der Waals surface area contributed by atoms with Crippen molar-refractivity contribution in [1.29, 1.82) is 0 Å². The molecule has 0 spiro atoms. The lowest BCUT2D eigenvalue weighted by molar-refractivity contribution is 0.116. The molecule has 1 saturated carbocycles. The lowest BCUT2D eigenvalue weighted by atomic mass is 10.1. The van der Waals surface area contributed by atoms with E-state index in [1.54, 1.807) is 18.0 Å². The molecule has 2 amide bonds. The Morgan fingerprint density at radius 1 is 1.36 bits per heavy atom. The Hall–Kier alpha value is -2.34. The molecule has 0 radical (unpaired) electrons. The minimum Gasteiger partial charge on any atom is -0.393 e. The molecule has 134 valence electrons. The van der Waals surface area contributed by atoms with Gasteiger partial charge in [0, 0.05) is 31.8 Å². The first-order chi connectivity index (χ1) is 12.0. The van der Waals surface area contributed by atoms with Gasteiger partial charge in [0.25, 0.3) is 0 Å². The van der Waals surface area contributed by atoms with E-state index in [9.17, 15) is 9.90 Å². The fourth-order valence-electron chi connectivity index (χ4n) is 3.37. The first-order valence-electron chi connectivity index (χ1n) is 8.85. The minimum atomic E-state index is -0.291. The van der Waals surface area contributed by atoms with Crippen LogP contribution in [0.4, 0.5) is 10.6 Å². The van der Waals surface area contributed by atoms with Crippen LogP contribution in [-0.4, -0.2) is 45.5 Å². The molecule has 2 N–H and O–H groups in total. The number of nitrogens with zero attached hydrogens (tertiary/aromatic N) is 3. The fourth-order valence-corrected chi connectivity index (χ4v) is 3.37. The topological polar surface area (TPSA) is 70.4 Å². The van der Waals surface area contributed by atoms with Crippen LogP contribution in [0.1, 0.15) is 37.8 Å². The fraction of sp³-hybridized carbons (Fsp3) is 0.474. The number of carbonyl (C=O) groups excluding carboxylic acids is 1. The molecule has 3 atom stereocenters. The van der Waals surface area contributed by atoms with Crippen LogP contribution >= 0.6 is 0 Å². The Morgan fingerprint density at radius 3 is 2.80 bits per heavy atom. The Balaban J connectivity index is 1.58. The molecule has 6 nitrogen and oxygen atoms in total. The van der Waals surface area contributed by atoms with Gasteiger partial charge in [0.05, 0.1) is 12.1 Å². The summed E-state index contributed by atoms with van der Waals surface area (Å²) in [5.41, 5.74) is 1.16. The number of rotatable bonds is 5. The van der Waals surface area contributed by atoms with Gasteiger partial charge in [0.2, 0.25) is 0 Å². The standard InChI is InChI=1S/C19H26N4O2/c1-14(15-7-4-3-5-8-15)23-12-11-18(21-23)20-19(25)22(2)13-16-9-6-10-17(16)24/h3-5,7-8,11-12,14,16-17,24H,6,9-10,13H2,1-2H3,(H,20,21,25)/t14-,16-,17+/m1/s1. The van der Waals surface area contributed by atoms with E-state index in [4.69, 9.17) is 0 Å². The Bertz CT molecular complexity index is 700. The highest BCUT2D eigenvalue weighted by Gasteiger charge is 2.27. The van der Waals surface area contributed by atoms with E-state index in [1.807, 2.05) is 29.1 Å². The molecule has 6 heteroatoms. The first kappa shape index (κ1) is 17.5. The van der Waals surface area contributed by atoms with Gasteiger partial charge in [-0.1, -0.05) is 36.8 Å². The van der Waals surface area contributed by atoms with Crippen molar-refractivity contribution >= 4 is 11.8 Å². The normalized spacial score (nSPS) is 21.1. The Kier molecular flexibility index (Phi) is 5.38. The van der Waals surface area contributed by atoms with Crippen molar-refractivity contribution in [3.05, 3.63) is 48.2 Å². The van der Waals surface area contributed by atoms with E-state index in [2.05, 4.69) is 29.5 Å². The monoisotopic (exact) mass is 342 g/mol. The highest BCUT2D eigenvalue weighted by atomic mass is 16.3. The third-order valence-electron chi connectivity index (χ3n) is 5.00. The molecule has 1 fully saturated rings. The summed E-state index contributed by atoms with van der Waals surface area (Å²) in [6.45, 7) is 2.63. The van der Waals surface area contributed by atoms with Gasteiger partial charge in [-0.2, -0.15) is 5.10 Å². The maximum Gasteiger partial charge on any atom is 0.322 e. The van der Waals surface area contributed by atoms with E-state index < -0.39 is 0 Å². The number of carbonyl (C=O) groups is 1. The number of aliphatic hydroxyl groups is 1. The third kappa shape index (κ3) is 4.20. The number of amides is 2. The zero-order valence-electron chi connectivity index (χ0n) is 14.8. The Morgan fingerprint density at radius 2 is 2.12 bits per heavy atom. The average Bonchev–Trinajstić information content (AvgIpc) is 3.24. The molecule has 2 aromatic rings. The number of aromatic nitrogens is 2. The number of benzene rings is 1. The molecule has 1 heterocycles. The number of nitrogens with one attached hydrogen (secondary N) is 1. The molecule has 1 aromatic carbocycles. The molecule has 25 heavy (non-hydrogen) atoms. The van der Waals surface area contributed by atoms with Gasteiger partial charge in [0.1, 0.15) is 0 Å². The average molecular weight is 342 g/mol. The molecule has 3 rings (SSSR count). The first-order valence-corrected chi connectivity index (χ1v) is 8.85. The van der Waals surface area contributed by atoms with Crippen molar-refractivity contribution in [1.82, 2.24) is 14.7 Å². The second-order valence-electron chi connectivity index (χ2n) is 6.84. The van der Waals surface area contributed by atoms with Crippen LogP contribution in [0.15, 0.2) is 42.6 Å². The predicted octanol–water partition coefficient (Wildman–Crippen LogP) is 3.12. The molecular formula is C19H26N4O2. The van der Waals surface area contributed by atoms with E-state index >= 15 is 0 Å². The van der Waals surface area contributed by atoms with E-state index in [0.29, 0.717) is 12.4 Å². The second kappa shape index (κ2) is 7.70. The maximum atomic E-state index is 12.3. The van der Waals surface area contributed by atoms with Crippen LogP contribution in [0, 0.1) is 5.92 Å². The maximum absolute atomic E-state index is 12.3. The van der Waals surface area contributed by atoms with Crippen molar-refractivity contribution in [2.45, 2.75) is 38.3 Å². The number of urea groups is 1. The summed E-state index contributed by atoms with van der Waals surface area (Å²) in [7, 11) is 1.75. The number of hydrogen-bond donors (Lipinski definition) is 2. The zero-order chi connectivity index (χ0) is 17.8. The van der Waals surface area contributed by atoms with Crippen molar-refractivity contribution in [3.8, 4) is 0 Å². The summed E-state index contributed by atoms with van der Waals surface area (Å²) in [5, 5.41) is 17.2. The molecule has 0 saturated heterocycles. The highest BCUT2D eigenvalue weighted by Crippen LogP contribution is 2.26. The van der Waals surface area contributed by atoms with Crippen molar-refractivity contribution < 1.29 is 9.90 Å². The van der Waals surface area contributed by atoms with Crippen LogP contribution < -0.4 is 5.32 Å². The van der Waals surface area contributed by atoms with E-state index in [0.717, 1.165) is 24.8 Å². The molecule has 0 unspecified atom stereocenters. The SMILES string of the molecule is C[C@H](c1ccccc1)n1ccc(NC(=O)N(C)C[C@H]2CCC[C@@H]2O)n1. The van der Waals surface area contributed by atoms with Crippen LogP contribution in [0.25, 0.3) is 0 Å². The Labute approximate surface area is 148 Å². The summed E-state index contributed by atoms with van der Waals surface area (Å²) < 4.78 is 1.84. The quantitative estimate of drug-likeness (QED) is 0.877. The summed E-state index contributed by atoms with van der Waals surface area (Å²) in [5.74, 6) is 0.706. The summed E-state index contributed by atoms with van der Waals surface area (Å²) in [4.78, 5) is 14.0. The van der Waals surface area contributed by atoms with Gasteiger partial charge in [-0.15, -0.1) is 0 Å². The van der Waals surface area contributed by atoms with E-state index in [1.165, 1.54) is 0 Å². The van der Waals surface area contributed by atoms with Crippen molar-refractivity contribution in [2.24, 2.45) is 5.92 Å². The molecule has 0 bridgehead atoms. The predicted molar refractivity (Wildman–Crippen MR) is 97.5 cm³/mol. The number of aliphatic hydroxyl groups excluding tert-OH is 1. The van der Waals surface area contributed by atoms with Crippen LogP contribution in [-0.2, 0) is 0 Å². The van der Waals surface area contributed by atoms with Crippen molar-refractivity contribution in [2.75, 3.05) is 18.9 Å². The number of anilines is 1. The molecule has 1 aromatic heterocycles. The van der Waals surface area contributed by atoms with Gasteiger partial charge < -0.3 is 10.0 Å². The van der Waals surface area contributed by atoms with Gasteiger partial charge in [-0.05, 0) is 25.3 Å². The summed E-state index contributed by atoms with van der Waals surface area (Å²) in [6, 6.07) is 11.8. The van der Waals surface area contributed by atoms with Crippen LogP contribution in [0.3, 0.4) is 0 Å². The molecule has 1 aliphatic rings. The molecule has 1 aliphatic carbocycles. The van der Waals surface area contributed by atoms with Crippen LogP contribution in [0.5, 0.6) is 0 Å². The van der Waals surface area contributed by atoms with Crippen LogP contribution in [0.2, 0.25) is 0 Å². The lowest BCUT2D eigenvalue weighted by Gasteiger charge is -2.23. The van der Waals surface area contributed by atoms with Gasteiger partial charge in [-0.3, -0.25) is 10.00 Å².